The van der Waals surface area contributed by atoms with Crippen molar-refractivity contribution in [3.05, 3.63) is 105 Å². The fraction of sp³-hybridized carbons (Fsp3) is 0.0909. The van der Waals surface area contributed by atoms with Crippen LogP contribution in [-0.4, -0.2) is 15.1 Å². The summed E-state index contributed by atoms with van der Waals surface area (Å²) in [6.07, 6.45) is 1.08. The number of hydrogen-bond acceptors (Lipinski definition) is 5. The second kappa shape index (κ2) is 9.91. The molecule has 0 aliphatic rings. The third-order valence-corrected chi connectivity index (χ3v) is 5.18. The first-order valence-electron chi connectivity index (χ1n) is 8.81. The minimum Gasteiger partial charge on any atom is -0.281 e. The van der Waals surface area contributed by atoms with Crippen molar-refractivity contribution in [2.24, 2.45) is 0 Å². The molecule has 7 heteroatoms. The molecule has 0 radical (unpaired) electrons. The summed E-state index contributed by atoms with van der Waals surface area (Å²) < 4.78 is 0.983. The Morgan fingerprint density at radius 3 is 2.17 bits per heavy atom. The lowest BCUT2D eigenvalue weighted by atomic mass is 10.2. The normalized spacial score (nSPS) is 10.2. The lowest BCUT2D eigenvalue weighted by Crippen LogP contribution is -1.91. The van der Waals surface area contributed by atoms with Crippen LogP contribution in [0.15, 0.2) is 78.9 Å². The molecule has 1 heterocycles. The second-order valence-corrected chi connectivity index (χ2v) is 7.73. The molecule has 0 atom stereocenters. The molecule has 5 nitrogen and oxygen atoms in total. The zero-order valence-corrected chi connectivity index (χ0v) is 16.9. The van der Waals surface area contributed by atoms with E-state index in [4.69, 9.17) is 11.6 Å². The van der Waals surface area contributed by atoms with Crippen molar-refractivity contribution in [1.29, 1.82) is 0 Å². The van der Waals surface area contributed by atoms with Gasteiger partial charge in [-0.1, -0.05) is 60.7 Å². The number of carbonyl (C=O) groups excluding carboxylic acids is 1. The van der Waals surface area contributed by atoms with Crippen LogP contribution in [0.3, 0.4) is 0 Å². The molecule has 4 aromatic rings. The van der Waals surface area contributed by atoms with Crippen molar-refractivity contribution < 1.29 is 9.72 Å². The Morgan fingerprint density at radius 2 is 1.59 bits per heavy atom. The highest BCUT2D eigenvalue weighted by molar-refractivity contribution is 7.18. The summed E-state index contributed by atoms with van der Waals surface area (Å²) in [5.41, 5.74) is 2.94. The van der Waals surface area contributed by atoms with Crippen molar-refractivity contribution >= 4 is 44.1 Å². The number of halogens is 1. The van der Waals surface area contributed by atoms with E-state index in [-0.39, 0.29) is 10.9 Å². The molecule has 4 rings (SSSR count). The van der Waals surface area contributed by atoms with E-state index in [0.29, 0.717) is 11.9 Å². The van der Waals surface area contributed by atoms with Gasteiger partial charge in [0.25, 0.3) is 5.69 Å². The number of hydrogen-bond donors (Lipinski definition) is 0. The predicted molar refractivity (Wildman–Crippen MR) is 117 cm³/mol. The molecule has 0 bridgehead atoms. The fourth-order valence-electron chi connectivity index (χ4n) is 2.68. The Balaban J connectivity index is 0.000000204. The van der Waals surface area contributed by atoms with Crippen LogP contribution in [-0.2, 0) is 17.6 Å². The van der Waals surface area contributed by atoms with E-state index < -0.39 is 4.92 Å². The first-order valence-corrected chi connectivity index (χ1v) is 10.0. The number of rotatable bonds is 5. The van der Waals surface area contributed by atoms with Gasteiger partial charge in [-0.3, -0.25) is 14.9 Å². The summed E-state index contributed by atoms with van der Waals surface area (Å²) in [6, 6.07) is 24.3. The molecule has 0 spiro atoms. The molecule has 0 unspecified atom stereocenters. The number of nitrogens with zero attached hydrogens (tertiary/aromatic N) is 2. The van der Waals surface area contributed by atoms with Gasteiger partial charge in [0.1, 0.15) is 0 Å². The third-order valence-electron chi connectivity index (χ3n) is 4.01. The van der Waals surface area contributed by atoms with Crippen LogP contribution in [0.5, 0.6) is 0 Å². The van der Waals surface area contributed by atoms with Gasteiger partial charge in [-0.05, 0) is 28.8 Å². The molecule has 1 aromatic heterocycles. The number of non-ortho nitro benzene ring substituents is 1. The van der Waals surface area contributed by atoms with Gasteiger partial charge < -0.3 is 0 Å². The van der Waals surface area contributed by atoms with Gasteiger partial charge in [-0.25, -0.2) is 4.98 Å². The summed E-state index contributed by atoms with van der Waals surface area (Å²) in [5.74, 6) is 0. The third kappa shape index (κ3) is 6.20. The topological polar surface area (TPSA) is 73.1 Å². The molecule has 0 saturated carbocycles. The first kappa shape index (κ1) is 20.6. The van der Waals surface area contributed by atoms with Crippen LogP contribution in [0.25, 0.3) is 10.2 Å². The van der Waals surface area contributed by atoms with Crippen molar-refractivity contribution in [2.45, 2.75) is 12.8 Å². The average molecular weight is 425 g/mol. The number of nitro benzene ring substituents is 1. The Bertz CT molecular complexity index is 1110. The zero-order valence-electron chi connectivity index (χ0n) is 15.3. The summed E-state index contributed by atoms with van der Waals surface area (Å²) in [5, 5.41) is 11.4. The quantitative estimate of drug-likeness (QED) is 0.231. The summed E-state index contributed by atoms with van der Waals surface area (Å²) >= 11 is 6.75. The second-order valence-electron chi connectivity index (χ2n) is 6.20. The van der Waals surface area contributed by atoms with Crippen molar-refractivity contribution in [3.8, 4) is 0 Å². The molecule has 0 fully saturated rings. The van der Waals surface area contributed by atoms with Gasteiger partial charge in [0.15, 0.2) is 0 Å². The highest BCUT2D eigenvalue weighted by atomic mass is 35.5. The summed E-state index contributed by atoms with van der Waals surface area (Å²) in [6.45, 7) is 0. The van der Waals surface area contributed by atoms with E-state index >= 15 is 0 Å². The molecule has 0 amide bonds. The van der Waals surface area contributed by atoms with Crippen molar-refractivity contribution in [1.82, 2.24) is 4.98 Å². The molecule has 0 N–H and O–H groups in total. The van der Waals surface area contributed by atoms with Crippen LogP contribution in [0.1, 0.15) is 16.1 Å². The van der Waals surface area contributed by atoms with Crippen molar-refractivity contribution in [2.75, 3.05) is 0 Å². The van der Waals surface area contributed by atoms with Crippen LogP contribution in [0.4, 0.5) is 5.69 Å². The maximum Gasteiger partial charge on any atom is 0.271 e. The Morgan fingerprint density at radius 1 is 0.966 bits per heavy atom. The fourth-order valence-corrected chi connectivity index (χ4v) is 3.82. The van der Waals surface area contributed by atoms with Gasteiger partial charge in [0.2, 0.25) is 5.24 Å². The summed E-state index contributed by atoms with van der Waals surface area (Å²) in [4.78, 5) is 25.2. The Labute approximate surface area is 176 Å². The molecule has 146 valence electrons. The van der Waals surface area contributed by atoms with Gasteiger partial charge in [-0.15, -0.1) is 11.3 Å². The molecule has 0 aliphatic carbocycles. The van der Waals surface area contributed by atoms with E-state index in [9.17, 15) is 14.9 Å². The van der Waals surface area contributed by atoms with Crippen LogP contribution < -0.4 is 0 Å². The molecule has 29 heavy (non-hydrogen) atoms. The molecular formula is C22H17ClN2O3S. The number of fused-ring (bicyclic) bond motifs is 1. The number of thiazole rings is 1. The van der Waals surface area contributed by atoms with Crippen molar-refractivity contribution in [3.63, 3.8) is 0 Å². The number of nitro groups is 1. The summed E-state index contributed by atoms with van der Waals surface area (Å²) in [7, 11) is 0. The van der Waals surface area contributed by atoms with E-state index in [1.54, 1.807) is 17.4 Å². The highest BCUT2D eigenvalue weighted by Gasteiger charge is 2.10. The van der Waals surface area contributed by atoms with E-state index in [0.717, 1.165) is 21.7 Å². The Kier molecular flexibility index (Phi) is 7.05. The molecule has 3 aromatic carbocycles. The lowest BCUT2D eigenvalue weighted by Gasteiger charge is -1.95. The average Bonchev–Trinajstić information content (AvgIpc) is 3.11. The number of benzene rings is 3. The zero-order chi connectivity index (χ0) is 20.6. The largest absolute Gasteiger partial charge is 0.281 e. The maximum absolute atomic E-state index is 10.7. The highest BCUT2D eigenvalue weighted by Crippen LogP contribution is 2.27. The van der Waals surface area contributed by atoms with Gasteiger partial charge in [0, 0.05) is 25.0 Å². The van der Waals surface area contributed by atoms with Crippen LogP contribution in [0, 0.1) is 10.1 Å². The van der Waals surface area contributed by atoms with Gasteiger partial charge in [0.05, 0.1) is 20.1 Å². The lowest BCUT2D eigenvalue weighted by molar-refractivity contribution is -0.384. The Hall–Kier alpha value is -3.09. The standard InChI is InChI=1S/C14H10N2O2S.C8H7ClO/c17-16(18)11-6-7-13-12(9-11)15-14(19-13)8-10-4-2-1-3-5-10;9-8(10)6-7-4-2-1-3-5-7/h1-7,9H,8H2;1-5H,6H2. The maximum atomic E-state index is 10.7. The minimum atomic E-state index is -0.393. The van der Waals surface area contributed by atoms with E-state index in [1.165, 1.54) is 17.7 Å². The predicted octanol–water partition coefficient (Wildman–Crippen LogP) is 5.79. The van der Waals surface area contributed by atoms with E-state index in [1.807, 2.05) is 48.5 Å². The smallest absolute Gasteiger partial charge is 0.271 e. The van der Waals surface area contributed by atoms with Crippen LogP contribution >= 0.6 is 22.9 Å². The van der Waals surface area contributed by atoms with Gasteiger partial charge >= 0.3 is 0 Å². The minimum absolute atomic E-state index is 0.0871. The first-order chi connectivity index (χ1) is 14.0. The number of carbonyl (C=O) groups is 1. The molecule has 0 aliphatic heterocycles. The van der Waals surface area contributed by atoms with Crippen LogP contribution in [0.2, 0.25) is 0 Å². The SMILES string of the molecule is O=C(Cl)Cc1ccccc1.O=[N+]([O-])c1ccc2sc(Cc3ccccc3)nc2c1. The van der Waals surface area contributed by atoms with Gasteiger partial charge in [-0.2, -0.15) is 0 Å². The molecule has 0 saturated heterocycles. The number of aromatic nitrogens is 1. The monoisotopic (exact) mass is 424 g/mol. The molecular weight excluding hydrogens is 408 g/mol. The van der Waals surface area contributed by atoms with E-state index in [2.05, 4.69) is 17.1 Å².